The number of rotatable bonds is 10. The molecule has 0 saturated carbocycles. The van der Waals surface area contributed by atoms with Gasteiger partial charge in [0.05, 0.1) is 34.6 Å². The van der Waals surface area contributed by atoms with Crippen LogP contribution in [0.5, 0.6) is 5.75 Å². The molecule has 10 heteroatoms. The Morgan fingerprint density at radius 2 is 1.91 bits per heavy atom. The van der Waals surface area contributed by atoms with E-state index in [9.17, 15) is 13.2 Å². The second kappa shape index (κ2) is 10.3. The third-order valence-corrected chi connectivity index (χ3v) is 8.85. The quantitative estimate of drug-likeness (QED) is 0.336. The van der Waals surface area contributed by atoms with E-state index in [1.165, 1.54) is 6.07 Å². The van der Waals surface area contributed by atoms with Gasteiger partial charge in [0.2, 0.25) is 0 Å². The molecule has 2 aromatic carbocycles. The normalized spacial score (nSPS) is 11.7. The fourth-order valence-electron chi connectivity index (χ4n) is 3.80. The predicted octanol–water partition coefficient (Wildman–Crippen LogP) is 4.28. The fourth-order valence-corrected chi connectivity index (χ4v) is 6.65. The van der Waals surface area contributed by atoms with E-state index in [0.29, 0.717) is 34.1 Å². The van der Waals surface area contributed by atoms with Crippen LogP contribution in [0.2, 0.25) is 4.34 Å². The number of aliphatic hydroxyl groups excluding tert-OH is 1. The van der Waals surface area contributed by atoms with Crippen molar-refractivity contribution in [3.8, 4) is 5.75 Å². The summed E-state index contributed by atoms with van der Waals surface area (Å²) in [5.41, 5.74) is 3.10. The van der Waals surface area contributed by atoms with Crippen LogP contribution in [0.4, 0.5) is 0 Å². The van der Waals surface area contributed by atoms with Crippen LogP contribution in [0.25, 0.3) is 10.9 Å². The molecule has 0 fully saturated rings. The van der Waals surface area contributed by atoms with Crippen LogP contribution < -0.4 is 4.74 Å². The minimum atomic E-state index is -3.64. The van der Waals surface area contributed by atoms with Crippen LogP contribution in [0.3, 0.4) is 0 Å². The van der Waals surface area contributed by atoms with Gasteiger partial charge in [0.15, 0.2) is 15.6 Å². The van der Waals surface area contributed by atoms with E-state index in [4.69, 9.17) is 21.4 Å². The summed E-state index contributed by atoms with van der Waals surface area (Å²) in [6.07, 6.45) is 0.810. The second-order valence-electron chi connectivity index (χ2n) is 7.79. The van der Waals surface area contributed by atoms with Crippen molar-refractivity contribution in [1.29, 1.82) is 0 Å². The molecule has 2 aromatic heterocycles. The van der Waals surface area contributed by atoms with Gasteiger partial charge >= 0.3 is 0 Å². The maximum absolute atomic E-state index is 13.0. The van der Waals surface area contributed by atoms with Crippen molar-refractivity contribution in [3.05, 3.63) is 75.8 Å². The van der Waals surface area contributed by atoms with Crippen molar-refractivity contribution < 1.29 is 23.1 Å². The number of thiophene rings is 1. The molecular weight excluding hydrogens is 496 g/mol. The molecule has 4 aromatic rings. The summed E-state index contributed by atoms with van der Waals surface area (Å²) in [6.45, 7) is -0.0412. The number of ether oxygens (including phenoxy) is 1. The molecule has 0 aliphatic rings. The van der Waals surface area contributed by atoms with E-state index in [1.54, 1.807) is 23.9 Å². The van der Waals surface area contributed by atoms with E-state index in [-0.39, 0.29) is 22.2 Å². The molecule has 1 N–H and O–H groups in total. The summed E-state index contributed by atoms with van der Waals surface area (Å²) in [4.78, 5) is 11.5. The molecule has 4 rings (SSSR count). The first-order valence-electron chi connectivity index (χ1n) is 10.5. The smallest absolute Gasteiger partial charge is 0.193 e. The van der Waals surface area contributed by atoms with Crippen molar-refractivity contribution in [2.45, 2.75) is 29.3 Å². The lowest BCUT2D eigenvalue weighted by Crippen LogP contribution is -2.07. The maximum atomic E-state index is 13.0. The molecule has 0 atom stereocenters. The van der Waals surface area contributed by atoms with E-state index < -0.39 is 16.4 Å². The molecule has 0 unspecified atom stereocenters. The van der Waals surface area contributed by atoms with Crippen molar-refractivity contribution >= 4 is 49.5 Å². The second-order valence-corrected chi connectivity index (χ2v) is 11.7. The van der Waals surface area contributed by atoms with Gasteiger partial charge in [0, 0.05) is 6.42 Å². The number of carbonyl (C=O) groups is 1. The zero-order valence-corrected chi connectivity index (χ0v) is 20.8. The largest absolute Gasteiger partial charge is 0.496 e. The molecule has 0 amide bonds. The standard InChI is InChI=1S/C24H23ClN2O5S2/c1-32-21-7-3-6-20-24(21)19(15-34(30,31)23-11-10-22(25)33-23)26-27(20)13-17-5-2-4-16(12-17)8-9-18(29)14-28/h2-7,10-12,28H,8-9,13-15H2,1H3. The lowest BCUT2D eigenvalue weighted by molar-refractivity contribution is -0.121. The van der Waals surface area contributed by atoms with Gasteiger partial charge in [-0.3, -0.25) is 9.48 Å². The Hall–Kier alpha value is -2.72. The topological polar surface area (TPSA) is 98.5 Å². The number of ketones is 1. The van der Waals surface area contributed by atoms with Crippen LogP contribution in [-0.4, -0.2) is 42.8 Å². The molecule has 0 saturated heterocycles. The van der Waals surface area contributed by atoms with E-state index in [1.807, 2.05) is 36.4 Å². The van der Waals surface area contributed by atoms with Crippen LogP contribution in [0.15, 0.2) is 58.8 Å². The molecule has 0 radical (unpaired) electrons. The molecule has 2 heterocycles. The fraction of sp³-hybridized carbons (Fsp3) is 0.250. The number of carbonyl (C=O) groups excluding carboxylic acids is 1. The van der Waals surface area contributed by atoms with Gasteiger partial charge in [0.1, 0.15) is 22.3 Å². The van der Waals surface area contributed by atoms with Crippen LogP contribution in [0, 0.1) is 0 Å². The SMILES string of the molecule is COc1cccc2c1c(CS(=O)(=O)c1ccc(Cl)s1)nn2Cc1cccc(CCC(=O)CO)c1. The number of Topliss-reactive ketones (excluding diaryl/α,β-unsaturated/α-hetero) is 1. The van der Waals surface area contributed by atoms with E-state index >= 15 is 0 Å². The number of nitrogens with zero attached hydrogens (tertiary/aromatic N) is 2. The lowest BCUT2D eigenvalue weighted by atomic mass is 10.0. The summed E-state index contributed by atoms with van der Waals surface area (Å²) in [5, 5.41) is 14.3. The summed E-state index contributed by atoms with van der Waals surface area (Å²) in [6, 6.07) is 16.4. The zero-order valence-electron chi connectivity index (χ0n) is 18.4. The first-order valence-corrected chi connectivity index (χ1v) is 13.4. The number of hydrogen-bond donors (Lipinski definition) is 1. The molecule has 178 valence electrons. The number of aliphatic hydroxyl groups is 1. The summed E-state index contributed by atoms with van der Waals surface area (Å²) >= 11 is 6.97. The average molecular weight is 519 g/mol. The zero-order chi connectivity index (χ0) is 24.3. The van der Waals surface area contributed by atoms with Gasteiger partial charge in [-0.15, -0.1) is 11.3 Å². The Kier molecular flexibility index (Phi) is 7.37. The molecular formula is C24H23ClN2O5S2. The Morgan fingerprint density at radius 1 is 1.15 bits per heavy atom. The maximum Gasteiger partial charge on any atom is 0.193 e. The highest BCUT2D eigenvalue weighted by Crippen LogP contribution is 2.33. The third kappa shape index (κ3) is 5.33. The molecule has 0 bridgehead atoms. The summed E-state index contributed by atoms with van der Waals surface area (Å²) in [5.74, 6) is 0.0692. The van der Waals surface area contributed by atoms with Crippen molar-refractivity contribution in [3.63, 3.8) is 0 Å². The van der Waals surface area contributed by atoms with Crippen molar-refractivity contribution in [2.75, 3.05) is 13.7 Å². The van der Waals surface area contributed by atoms with Gasteiger partial charge in [-0.05, 0) is 41.8 Å². The Bertz CT molecular complexity index is 1440. The van der Waals surface area contributed by atoms with Gasteiger partial charge < -0.3 is 9.84 Å². The molecule has 34 heavy (non-hydrogen) atoms. The highest BCUT2D eigenvalue weighted by atomic mass is 35.5. The molecule has 7 nitrogen and oxygen atoms in total. The van der Waals surface area contributed by atoms with E-state index in [0.717, 1.165) is 28.0 Å². The lowest BCUT2D eigenvalue weighted by Gasteiger charge is -2.07. The highest BCUT2D eigenvalue weighted by Gasteiger charge is 2.24. The van der Waals surface area contributed by atoms with Crippen molar-refractivity contribution in [1.82, 2.24) is 9.78 Å². The Balaban J connectivity index is 1.69. The Labute approximate surface area is 206 Å². The number of fused-ring (bicyclic) bond motifs is 1. The summed E-state index contributed by atoms with van der Waals surface area (Å²) < 4.78 is 34.0. The minimum absolute atomic E-state index is 0.195. The number of aryl methyl sites for hydroxylation is 1. The Morgan fingerprint density at radius 3 is 2.62 bits per heavy atom. The number of methoxy groups -OCH3 is 1. The van der Waals surface area contributed by atoms with Crippen LogP contribution >= 0.6 is 22.9 Å². The van der Waals surface area contributed by atoms with Gasteiger partial charge in [0.25, 0.3) is 0 Å². The number of aromatic nitrogens is 2. The monoisotopic (exact) mass is 518 g/mol. The molecule has 0 spiro atoms. The molecule has 0 aliphatic heterocycles. The number of hydrogen-bond acceptors (Lipinski definition) is 7. The number of halogens is 1. The van der Waals surface area contributed by atoms with E-state index in [2.05, 4.69) is 5.10 Å². The number of sulfone groups is 1. The molecule has 0 aliphatic carbocycles. The first kappa shape index (κ1) is 24.4. The van der Waals surface area contributed by atoms with Crippen LogP contribution in [0.1, 0.15) is 23.2 Å². The first-order chi connectivity index (χ1) is 16.3. The predicted molar refractivity (Wildman–Crippen MR) is 132 cm³/mol. The highest BCUT2D eigenvalue weighted by molar-refractivity contribution is 7.92. The third-order valence-electron chi connectivity index (χ3n) is 5.41. The van der Waals surface area contributed by atoms with Crippen molar-refractivity contribution in [2.24, 2.45) is 0 Å². The average Bonchev–Trinajstić information content (AvgIpc) is 3.42. The minimum Gasteiger partial charge on any atom is -0.496 e. The van der Waals surface area contributed by atoms with Gasteiger partial charge in [-0.2, -0.15) is 5.10 Å². The number of benzene rings is 2. The van der Waals surface area contributed by atoms with Gasteiger partial charge in [-0.25, -0.2) is 8.42 Å². The van der Waals surface area contributed by atoms with Gasteiger partial charge in [-0.1, -0.05) is 41.9 Å². The summed E-state index contributed by atoms with van der Waals surface area (Å²) in [7, 11) is -2.10. The van der Waals surface area contributed by atoms with Crippen LogP contribution in [-0.2, 0) is 33.4 Å².